The van der Waals surface area contributed by atoms with Gasteiger partial charge in [0.2, 0.25) is 0 Å². The predicted molar refractivity (Wildman–Crippen MR) is 59.3 cm³/mol. The number of aromatic nitrogens is 1. The Morgan fingerprint density at radius 1 is 1.69 bits per heavy atom. The Bertz CT molecular complexity index is 259. The average molecular weight is 199 g/mol. The Kier molecular flexibility index (Phi) is 3.54. The van der Waals surface area contributed by atoms with Crippen LogP contribution in [-0.2, 0) is 0 Å². The first-order chi connectivity index (χ1) is 6.15. The summed E-state index contributed by atoms with van der Waals surface area (Å²) in [5, 5.41) is 1.15. The molecule has 0 saturated carbocycles. The van der Waals surface area contributed by atoms with Gasteiger partial charge in [-0.3, -0.25) is 0 Å². The number of anilines is 2. The van der Waals surface area contributed by atoms with Crippen molar-refractivity contribution in [2.24, 2.45) is 0 Å². The van der Waals surface area contributed by atoms with Crippen molar-refractivity contribution in [2.75, 3.05) is 17.7 Å². The van der Waals surface area contributed by atoms with Crippen molar-refractivity contribution >= 4 is 22.4 Å². The smallest absolute Gasteiger partial charge is 0.139 e. The second-order valence-corrected chi connectivity index (χ2v) is 4.12. The number of hydrogen-bond donors (Lipinski definition) is 1. The molecule has 13 heavy (non-hydrogen) atoms. The minimum atomic E-state index is 0.560. The third kappa shape index (κ3) is 2.59. The van der Waals surface area contributed by atoms with Crippen molar-refractivity contribution < 1.29 is 0 Å². The molecule has 0 aliphatic rings. The Morgan fingerprint density at radius 2 is 2.38 bits per heavy atom. The van der Waals surface area contributed by atoms with Crippen molar-refractivity contribution in [1.82, 2.24) is 4.37 Å². The van der Waals surface area contributed by atoms with Gasteiger partial charge in [0, 0.05) is 19.2 Å². The normalized spacial score (nSPS) is 12.8. The monoisotopic (exact) mass is 199 g/mol. The highest BCUT2D eigenvalue weighted by atomic mass is 32.1. The fourth-order valence-corrected chi connectivity index (χ4v) is 2.01. The quantitative estimate of drug-likeness (QED) is 0.809. The molecule has 0 saturated heterocycles. The van der Waals surface area contributed by atoms with Crippen LogP contribution in [0, 0.1) is 0 Å². The van der Waals surface area contributed by atoms with Gasteiger partial charge < -0.3 is 10.6 Å². The van der Waals surface area contributed by atoms with Crippen LogP contribution in [0.2, 0.25) is 0 Å². The van der Waals surface area contributed by atoms with Gasteiger partial charge in [0.15, 0.2) is 0 Å². The Balaban J connectivity index is 2.61. The highest BCUT2D eigenvalue weighted by molar-refractivity contribution is 7.10. The van der Waals surface area contributed by atoms with Crippen LogP contribution in [0.3, 0.4) is 0 Å². The largest absolute Gasteiger partial charge is 0.383 e. The van der Waals surface area contributed by atoms with Crippen LogP contribution in [0.15, 0.2) is 6.07 Å². The van der Waals surface area contributed by atoms with Gasteiger partial charge >= 0.3 is 0 Å². The molecule has 0 aliphatic heterocycles. The molecule has 1 atom stereocenters. The van der Waals surface area contributed by atoms with Crippen molar-refractivity contribution in [3.05, 3.63) is 6.07 Å². The second kappa shape index (κ2) is 4.46. The third-order valence-corrected chi connectivity index (χ3v) is 3.13. The van der Waals surface area contributed by atoms with E-state index in [1.54, 1.807) is 0 Å². The molecule has 0 aliphatic carbocycles. The van der Waals surface area contributed by atoms with Gasteiger partial charge in [0.1, 0.15) is 10.8 Å². The predicted octanol–water partition coefficient (Wildman–Crippen LogP) is 2.35. The van der Waals surface area contributed by atoms with E-state index >= 15 is 0 Å². The summed E-state index contributed by atoms with van der Waals surface area (Å²) in [6.45, 7) is 4.42. The Hall–Kier alpha value is -0.770. The second-order valence-electron chi connectivity index (χ2n) is 3.34. The zero-order valence-corrected chi connectivity index (χ0v) is 9.27. The van der Waals surface area contributed by atoms with E-state index in [4.69, 9.17) is 5.73 Å². The standard InChI is InChI=1S/C9H17N3S/c1-4-5-7(2)12(3)9-6-8(10)11-13-9/h6-7H,4-5H2,1-3H3,(H2,10,11). The molecule has 1 unspecified atom stereocenters. The molecular weight excluding hydrogens is 182 g/mol. The highest BCUT2D eigenvalue weighted by Crippen LogP contribution is 2.24. The molecule has 1 aromatic rings. The molecule has 3 nitrogen and oxygen atoms in total. The summed E-state index contributed by atoms with van der Waals surface area (Å²) in [5.74, 6) is 0.621. The maximum Gasteiger partial charge on any atom is 0.139 e. The van der Waals surface area contributed by atoms with Crippen molar-refractivity contribution in [3.8, 4) is 0 Å². The molecule has 0 bridgehead atoms. The molecule has 1 heterocycles. The van der Waals surface area contributed by atoms with E-state index in [-0.39, 0.29) is 0 Å². The highest BCUT2D eigenvalue weighted by Gasteiger charge is 2.11. The lowest BCUT2D eigenvalue weighted by atomic mass is 10.2. The van der Waals surface area contributed by atoms with E-state index in [0.29, 0.717) is 11.9 Å². The summed E-state index contributed by atoms with van der Waals surface area (Å²) >= 11 is 1.46. The Labute approximate surface area is 83.7 Å². The summed E-state index contributed by atoms with van der Waals surface area (Å²) in [5.41, 5.74) is 5.56. The van der Waals surface area contributed by atoms with Crippen LogP contribution in [0.4, 0.5) is 10.8 Å². The topological polar surface area (TPSA) is 42.1 Å². The summed E-state index contributed by atoms with van der Waals surface area (Å²) < 4.78 is 4.06. The molecule has 0 amide bonds. The minimum Gasteiger partial charge on any atom is -0.383 e. The number of nitrogens with zero attached hydrogens (tertiary/aromatic N) is 2. The molecule has 74 valence electrons. The molecule has 0 aromatic carbocycles. The third-order valence-electron chi connectivity index (χ3n) is 2.23. The number of nitrogens with two attached hydrogens (primary N) is 1. The van der Waals surface area contributed by atoms with E-state index in [9.17, 15) is 0 Å². The summed E-state index contributed by atoms with van der Waals surface area (Å²) in [4.78, 5) is 2.23. The van der Waals surface area contributed by atoms with Crippen LogP contribution >= 0.6 is 11.5 Å². The van der Waals surface area contributed by atoms with E-state index in [2.05, 4.69) is 30.2 Å². The van der Waals surface area contributed by atoms with Gasteiger partial charge in [0.25, 0.3) is 0 Å². The fourth-order valence-electron chi connectivity index (χ4n) is 1.27. The van der Waals surface area contributed by atoms with Crippen molar-refractivity contribution in [3.63, 3.8) is 0 Å². The lowest BCUT2D eigenvalue weighted by Gasteiger charge is -2.24. The number of rotatable bonds is 4. The minimum absolute atomic E-state index is 0.560. The lowest BCUT2D eigenvalue weighted by Crippen LogP contribution is -2.27. The van der Waals surface area contributed by atoms with Crippen molar-refractivity contribution in [2.45, 2.75) is 32.7 Å². The molecule has 0 radical (unpaired) electrons. The van der Waals surface area contributed by atoms with Crippen LogP contribution in [0.1, 0.15) is 26.7 Å². The van der Waals surface area contributed by atoms with E-state index in [0.717, 1.165) is 5.00 Å². The van der Waals surface area contributed by atoms with Gasteiger partial charge in [0.05, 0.1) is 0 Å². The van der Waals surface area contributed by atoms with E-state index in [1.807, 2.05) is 6.07 Å². The molecule has 0 spiro atoms. The maximum atomic E-state index is 5.56. The summed E-state index contributed by atoms with van der Waals surface area (Å²) in [6, 6.07) is 2.49. The summed E-state index contributed by atoms with van der Waals surface area (Å²) in [6.07, 6.45) is 2.41. The van der Waals surface area contributed by atoms with Gasteiger partial charge in [-0.05, 0) is 24.9 Å². The molecule has 2 N–H and O–H groups in total. The fraction of sp³-hybridized carbons (Fsp3) is 0.667. The molecule has 1 rings (SSSR count). The number of nitrogen functional groups attached to an aromatic ring is 1. The first-order valence-corrected chi connectivity index (χ1v) is 5.37. The zero-order chi connectivity index (χ0) is 9.84. The molecule has 4 heteroatoms. The van der Waals surface area contributed by atoms with E-state index in [1.165, 1.54) is 24.4 Å². The van der Waals surface area contributed by atoms with Gasteiger partial charge in [-0.25, -0.2) is 0 Å². The first-order valence-electron chi connectivity index (χ1n) is 4.60. The van der Waals surface area contributed by atoms with Gasteiger partial charge in [-0.15, -0.1) is 0 Å². The van der Waals surface area contributed by atoms with E-state index < -0.39 is 0 Å². The van der Waals surface area contributed by atoms with Gasteiger partial charge in [-0.1, -0.05) is 13.3 Å². The van der Waals surface area contributed by atoms with Crippen LogP contribution in [-0.4, -0.2) is 17.5 Å². The lowest BCUT2D eigenvalue weighted by molar-refractivity contribution is 0.619. The van der Waals surface area contributed by atoms with Crippen LogP contribution < -0.4 is 10.6 Å². The maximum absolute atomic E-state index is 5.56. The summed E-state index contributed by atoms with van der Waals surface area (Å²) in [7, 11) is 2.09. The Morgan fingerprint density at radius 3 is 2.85 bits per heavy atom. The van der Waals surface area contributed by atoms with Crippen LogP contribution in [0.5, 0.6) is 0 Å². The van der Waals surface area contributed by atoms with Crippen molar-refractivity contribution in [1.29, 1.82) is 0 Å². The van der Waals surface area contributed by atoms with Gasteiger partial charge in [-0.2, -0.15) is 4.37 Å². The molecule has 1 aromatic heterocycles. The zero-order valence-electron chi connectivity index (χ0n) is 8.45. The van der Waals surface area contributed by atoms with Crippen LogP contribution in [0.25, 0.3) is 0 Å². The average Bonchev–Trinajstić information content (AvgIpc) is 2.51. The first kappa shape index (κ1) is 10.3. The molecule has 0 fully saturated rings. The molecular formula is C9H17N3S. The number of hydrogen-bond acceptors (Lipinski definition) is 4. The SMILES string of the molecule is CCCC(C)N(C)c1cc(N)ns1.